The summed E-state index contributed by atoms with van der Waals surface area (Å²) in [6.07, 6.45) is 0. The summed E-state index contributed by atoms with van der Waals surface area (Å²) in [4.78, 5) is 21.1. The molecule has 6 heteroatoms. The van der Waals surface area contributed by atoms with Crippen molar-refractivity contribution in [2.24, 2.45) is 0 Å². The van der Waals surface area contributed by atoms with Crippen molar-refractivity contribution in [3.63, 3.8) is 0 Å². The topological polar surface area (TPSA) is 115 Å². The highest BCUT2D eigenvalue weighted by atomic mass is 16.4. The van der Waals surface area contributed by atoms with Crippen molar-refractivity contribution in [3.05, 3.63) is 71.8 Å². The molecule has 0 aliphatic rings. The highest BCUT2D eigenvalue weighted by molar-refractivity contribution is 6.06. The molecule has 0 aromatic heterocycles. The van der Waals surface area contributed by atoms with Gasteiger partial charge in [-0.2, -0.15) is 0 Å². The third-order valence-electron chi connectivity index (χ3n) is 3.26. The second-order valence-electron chi connectivity index (χ2n) is 4.81. The zero-order chi connectivity index (χ0) is 17.7. The molecule has 4 N–H and O–H groups in total. The predicted octanol–water partition coefficient (Wildman–Crippen LogP) is 3.33. The summed E-state index contributed by atoms with van der Waals surface area (Å²) < 4.78 is 0. The molecule has 0 radical (unpaired) electrons. The molecule has 24 heavy (non-hydrogen) atoms. The number of hydrogen-bond acceptors (Lipinski definition) is 4. The molecular formula is C18H14O6. The Labute approximate surface area is 136 Å². The first-order chi connectivity index (χ1) is 11.4. The summed E-state index contributed by atoms with van der Waals surface area (Å²) in [5, 5.41) is 37.0. The van der Waals surface area contributed by atoms with Crippen LogP contribution in [0.15, 0.2) is 60.7 Å². The lowest BCUT2D eigenvalue weighted by atomic mass is 10.0. The van der Waals surface area contributed by atoms with Crippen molar-refractivity contribution in [1.29, 1.82) is 0 Å². The first-order valence-electron chi connectivity index (χ1n) is 6.87. The number of hydrogen-bond donors (Lipinski definition) is 4. The van der Waals surface area contributed by atoms with Crippen LogP contribution in [0.2, 0.25) is 0 Å². The number of benzene rings is 3. The Morgan fingerprint density at radius 2 is 1.29 bits per heavy atom. The SMILES string of the molecule is O=C(O)c1c(O)ccc2ccccc12.O=C(O)c1ccccc1O. The van der Waals surface area contributed by atoms with Gasteiger partial charge in [-0.05, 0) is 29.0 Å². The average Bonchev–Trinajstić information content (AvgIpc) is 2.55. The van der Waals surface area contributed by atoms with Gasteiger partial charge in [-0.1, -0.05) is 42.5 Å². The van der Waals surface area contributed by atoms with E-state index >= 15 is 0 Å². The van der Waals surface area contributed by atoms with Crippen LogP contribution in [-0.2, 0) is 0 Å². The third-order valence-corrected chi connectivity index (χ3v) is 3.26. The van der Waals surface area contributed by atoms with E-state index in [4.69, 9.17) is 15.3 Å². The van der Waals surface area contributed by atoms with Gasteiger partial charge in [-0.25, -0.2) is 9.59 Å². The number of carbonyl (C=O) groups is 2. The zero-order valence-corrected chi connectivity index (χ0v) is 12.4. The molecule has 0 atom stereocenters. The summed E-state index contributed by atoms with van der Waals surface area (Å²) in [6.45, 7) is 0. The van der Waals surface area contributed by atoms with E-state index in [0.717, 1.165) is 5.39 Å². The van der Waals surface area contributed by atoms with E-state index < -0.39 is 11.9 Å². The van der Waals surface area contributed by atoms with Gasteiger partial charge in [0.25, 0.3) is 0 Å². The van der Waals surface area contributed by atoms with Crippen LogP contribution in [-0.4, -0.2) is 32.4 Å². The Balaban J connectivity index is 0.000000185. The van der Waals surface area contributed by atoms with Crippen molar-refractivity contribution in [3.8, 4) is 11.5 Å². The predicted molar refractivity (Wildman–Crippen MR) is 87.6 cm³/mol. The van der Waals surface area contributed by atoms with E-state index in [2.05, 4.69) is 0 Å². The summed E-state index contributed by atoms with van der Waals surface area (Å²) >= 11 is 0. The Bertz CT molecular complexity index is 901. The van der Waals surface area contributed by atoms with Crippen LogP contribution >= 0.6 is 0 Å². The molecule has 3 aromatic carbocycles. The zero-order valence-electron chi connectivity index (χ0n) is 12.4. The van der Waals surface area contributed by atoms with Crippen molar-refractivity contribution >= 4 is 22.7 Å². The second-order valence-corrected chi connectivity index (χ2v) is 4.81. The van der Waals surface area contributed by atoms with Gasteiger partial charge < -0.3 is 20.4 Å². The Morgan fingerprint density at radius 3 is 1.88 bits per heavy atom. The monoisotopic (exact) mass is 326 g/mol. The molecule has 3 rings (SSSR count). The second kappa shape index (κ2) is 7.15. The molecule has 0 amide bonds. The van der Waals surface area contributed by atoms with Crippen LogP contribution in [0.25, 0.3) is 10.8 Å². The van der Waals surface area contributed by atoms with E-state index in [1.54, 1.807) is 36.4 Å². The molecule has 3 aromatic rings. The molecule has 0 fully saturated rings. The minimum absolute atomic E-state index is 0.0388. The Morgan fingerprint density at radius 1 is 0.667 bits per heavy atom. The van der Waals surface area contributed by atoms with E-state index in [-0.39, 0.29) is 22.6 Å². The van der Waals surface area contributed by atoms with Crippen LogP contribution < -0.4 is 0 Å². The largest absolute Gasteiger partial charge is 0.507 e. The maximum atomic E-state index is 10.9. The lowest BCUT2D eigenvalue weighted by Gasteiger charge is -2.03. The number of phenols is 2. The Kier molecular flexibility index (Phi) is 5.01. The summed E-state index contributed by atoms with van der Waals surface area (Å²) in [5.41, 5.74) is -0.106. The maximum absolute atomic E-state index is 10.9. The lowest BCUT2D eigenvalue weighted by molar-refractivity contribution is 0.0683. The van der Waals surface area contributed by atoms with E-state index in [9.17, 15) is 14.7 Å². The molecule has 0 saturated heterocycles. The summed E-state index contributed by atoms with van der Waals surface area (Å²) in [6, 6.07) is 16.0. The highest BCUT2D eigenvalue weighted by Crippen LogP contribution is 2.26. The van der Waals surface area contributed by atoms with Gasteiger partial charge in [0.15, 0.2) is 0 Å². The molecule has 0 unspecified atom stereocenters. The van der Waals surface area contributed by atoms with Crippen LogP contribution in [0, 0.1) is 0 Å². The standard InChI is InChI=1S/C11H8O3.C7H6O3/c12-9-6-5-7-3-1-2-4-8(7)10(9)11(13)14;8-6-4-2-1-3-5(6)7(9)10/h1-6,12H,(H,13,14);1-4,8H,(H,9,10). The van der Waals surface area contributed by atoms with Crippen LogP contribution in [0.1, 0.15) is 20.7 Å². The molecule has 0 aliphatic carbocycles. The molecule has 6 nitrogen and oxygen atoms in total. The van der Waals surface area contributed by atoms with Gasteiger partial charge in [-0.3, -0.25) is 0 Å². The van der Waals surface area contributed by atoms with Crippen molar-refractivity contribution in [2.75, 3.05) is 0 Å². The van der Waals surface area contributed by atoms with E-state index in [1.807, 2.05) is 6.07 Å². The molecule has 0 aliphatic heterocycles. The number of para-hydroxylation sites is 1. The highest BCUT2D eigenvalue weighted by Gasteiger charge is 2.12. The average molecular weight is 326 g/mol. The van der Waals surface area contributed by atoms with Gasteiger partial charge in [0.1, 0.15) is 22.6 Å². The number of fused-ring (bicyclic) bond motifs is 1. The van der Waals surface area contributed by atoms with Crippen LogP contribution in [0.3, 0.4) is 0 Å². The van der Waals surface area contributed by atoms with Crippen LogP contribution in [0.4, 0.5) is 0 Å². The van der Waals surface area contributed by atoms with E-state index in [1.165, 1.54) is 18.2 Å². The van der Waals surface area contributed by atoms with Crippen molar-refractivity contribution in [1.82, 2.24) is 0 Å². The Hall–Kier alpha value is -3.54. The summed E-state index contributed by atoms with van der Waals surface area (Å²) in [5.74, 6) is -2.62. The molecular weight excluding hydrogens is 312 g/mol. The number of carboxylic acid groups (broad SMARTS) is 2. The van der Waals surface area contributed by atoms with Crippen molar-refractivity contribution in [2.45, 2.75) is 0 Å². The summed E-state index contributed by atoms with van der Waals surface area (Å²) in [7, 11) is 0. The van der Waals surface area contributed by atoms with Gasteiger partial charge in [0, 0.05) is 0 Å². The first kappa shape index (κ1) is 16.8. The van der Waals surface area contributed by atoms with Gasteiger partial charge in [0.05, 0.1) is 0 Å². The molecule has 0 heterocycles. The fourth-order valence-corrected chi connectivity index (χ4v) is 2.14. The van der Waals surface area contributed by atoms with E-state index in [0.29, 0.717) is 5.39 Å². The quantitative estimate of drug-likeness (QED) is 0.574. The first-order valence-corrected chi connectivity index (χ1v) is 6.87. The normalized spacial score (nSPS) is 9.83. The minimum atomic E-state index is -1.11. The smallest absolute Gasteiger partial charge is 0.340 e. The minimum Gasteiger partial charge on any atom is -0.507 e. The number of aromatic carboxylic acids is 2. The van der Waals surface area contributed by atoms with Crippen LogP contribution in [0.5, 0.6) is 11.5 Å². The fraction of sp³-hybridized carbons (Fsp3) is 0. The maximum Gasteiger partial charge on any atom is 0.340 e. The van der Waals surface area contributed by atoms with Gasteiger partial charge in [-0.15, -0.1) is 0 Å². The fourth-order valence-electron chi connectivity index (χ4n) is 2.14. The van der Waals surface area contributed by atoms with Crippen molar-refractivity contribution < 1.29 is 30.0 Å². The molecule has 122 valence electrons. The van der Waals surface area contributed by atoms with Gasteiger partial charge >= 0.3 is 11.9 Å². The molecule has 0 bridgehead atoms. The molecule has 0 saturated carbocycles. The number of aromatic hydroxyl groups is 2. The lowest BCUT2D eigenvalue weighted by Crippen LogP contribution is -1.97. The number of rotatable bonds is 2. The number of carboxylic acids is 2. The van der Waals surface area contributed by atoms with Gasteiger partial charge in [0.2, 0.25) is 0 Å². The molecule has 0 spiro atoms. The third kappa shape index (κ3) is 3.61.